The third-order valence-electron chi connectivity index (χ3n) is 1.91. The summed E-state index contributed by atoms with van der Waals surface area (Å²) in [6, 6.07) is 0. The van der Waals surface area contributed by atoms with Gasteiger partial charge in [-0.05, 0) is 13.0 Å². The zero-order chi connectivity index (χ0) is 12.7. The highest BCUT2D eigenvalue weighted by Gasteiger charge is 2.28. The second-order valence-corrected chi connectivity index (χ2v) is 3.44. The number of alkyl halides is 3. The van der Waals surface area contributed by atoms with Gasteiger partial charge in [0, 0.05) is 12.7 Å². The van der Waals surface area contributed by atoms with Gasteiger partial charge in [-0.25, -0.2) is 4.68 Å². The second kappa shape index (κ2) is 6.55. The van der Waals surface area contributed by atoms with Crippen molar-refractivity contribution in [1.29, 1.82) is 0 Å². The maximum absolute atomic E-state index is 11.7. The van der Waals surface area contributed by atoms with Crippen molar-refractivity contribution < 1.29 is 17.9 Å². The molecule has 0 aliphatic heterocycles. The quantitative estimate of drug-likeness (QED) is 0.743. The molecule has 0 unspecified atom stereocenters. The van der Waals surface area contributed by atoms with Gasteiger partial charge < -0.3 is 5.32 Å². The SMILES string of the molecule is CCCNCc1cn(CCOC(F)(F)F)nn1. The van der Waals surface area contributed by atoms with E-state index in [1.807, 2.05) is 6.92 Å². The molecule has 0 fully saturated rings. The van der Waals surface area contributed by atoms with Gasteiger partial charge in [0.2, 0.25) is 0 Å². The number of hydrogen-bond acceptors (Lipinski definition) is 4. The molecule has 1 rings (SSSR count). The van der Waals surface area contributed by atoms with E-state index in [0.29, 0.717) is 12.2 Å². The van der Waals surface area contributed by atoms with Crippen LogP contribution in [0.25, 0.3) is 0 Å². The minimum Gasteiger partial charge on any atom is -0.311 e. The Morgan fingerprint density at radius 1 is 1.47 bits per heavy atom. The maximum atomic E-state index is 11.7. The molecule has 0 saturated heterocycles. The maximum Gasteiger partial charge on any atom is 0.522 e. The molecule has 1 N–H and O–H groups in total. The highest BCUT2D eigenvalue weighted by molar-refractivity contribution is 4.91. The highest BCUT2D eigenvalue weighted by Crippen LogP contribution is 2.15. The molecule has 1 heterocycles. The average Bonchev–Trinajstić information content (AvgIpc) is 2.64. The first kappa shape index (κ1) is 13.9. The third-order valence-corrected chi connectivity index (χ3v) is 1.91. The summed E-state index contributed by atoms with van der Waals surface area (Å²) in [5.74, 6) is 0. The molecule has 0 aromatic carbocycles. The number of nitrogens with zero attached hydrogens (tertiary/aromatic N) is 3. The van der Waals surface area contributed by atoms with E-state index >= 15 is 0 Å². The van der Waals surface area contributed by atoms with Crippen molar-refractivity contribution in [3.63, 3.8) is 0 Å². The van der Waals surface area contributed by atoms with Gasteiger partial charge in [0.1, 0.15) is 0 Å². The molecule has 1 aromatic rings. The van der Waals surface area contributed by atoms with Crippen molar-refractivity contribution >= 4 is 0 Å². The highest BCUT2D eigenvalue weighted by atomic mass is 19.4. The largest absolute Gasteiger partial charge is 0.522 e. The van der Waals surface area contributed by atoms with Crippen LogP contribution < -0.4 is 5.32 Å². The summed E-state index contributed by atoms with van der Waals surface area (Å²) in [6.07, 6.45) is -1.98. The molecule has 17 heavy (non-hydrogen) atoms. The molecule has 0 aliphatic rings. The summed E-state index contributed by atoms with van der Waals surface area (Å²) in [4.78, 5) is 0. The monoisotopic (exact) mass is 252 g/mol. The first-order chi connectivity index (χ1) is 8.01. The van der Waals surface area contributed by atoms with Gasteiger partial charge in [-0.2, -0.15) is 0 Å². The van der Waals surface area contributed by atoms with Crippen LogP contribution in [0.15, 0.2) is 6.20 Å². The molecule has 0 saturated carbocycles. The van der Waals surface area contributed by atoms with Crippen LogP contribution in [0.4, 0.5) is 13.2 Å². The van der Waals surface area contributed by atoms with Gasteiger partial charge in [0.25, 0.3) is 0 Å². The zero-order valence-corrected chi connectivity index (χ0v) is 9.50. The number of aromatic nitrogens is 3. The predicted octanol–water partition coefficient (Wildman–Crippen LogP) is 1.31. The summed E-state index contributed by atoms with van der Waals surface area (Å²) >= 11 is 0. The normalized spacial score (nSPS) is 12.0. The van der Waals surface area contributed by atoms with Gasteiger partial charge in [-0.3, -0.25) is 4.74 Å². The molecule has 5 nitrogen and oxygen atoms in total. The average molecular weight is 252 g/mol. The number of hydrogen-bond donors (Lipinski definition) is 1. The Kier molecular flexibility index (Phi) is 5.36. The van der Waals surface area contributed by atoms with Crippen LogP contribution in [0.1, 0.15) is 19.0 Å². The number of halogens is 3. The molecule has 0 spiro atoms. The smallest absolute Gasteiger partial charge is 0.311 e. The number of nitrogens with one attached hydrogen (secondary N) is 1. The van der Waals surface area contributed by atoms with Crippen LogP contribution in [0.2, 0.25) is 0 Å². The van der Waals surface area contributed by atoms with Gasteiger partial charge in [0.15, 0.2) is 0 Å². The molecular weight excluding hydrogens is 237 g/mol. The molecule has 0 atom stereocenters. The molecule has 8 heteroatoms. The van der Waals surface area contributed by atoms with E-state index in [2.05, 4.69) is 20.4 Å². The van der Waals surface area contributed by atoms with E-state index in [-0.39, 0.29) is 6.54 Å². The molecular formula is C9H15F3N4O. The Morgan fingerprint density at radius 2 is 2.24 bits per heavy atom. The zero-order valence-electron chi connectivity index (χ0n) is 9.50. The van der Waals surface area contributed by atoms with E-state index < -0.39 is 13.0 Å². The minimum atomic E-state index is -4.59. The lowest BCUT2D eigenvalue weighted by Gasteiger charge is -2.06. The summed E-state index contributed by atoms with van der Waals surface area (Å²) in [5, 5.41) is 10.6. The first-order valence-electron chi connectivity index (χ1n) is 5.31. The second-order valence-electron chi connectivity index (χ2n) is 3.44. The fourth-order valence-electron chi connectivity index (χ4n) is 1.18. The van der Waals surface area contributed by atoms with Gasteiger partial charge in [-0.15, -0.1) is 18.3 Å². The molecule has 98 valence electrons. The topological polar surface area (TPSA) is 52.0 Å². The van der Waals surface area contributed by atoms with Gasteiger partial charge in [0.05, 0.1) is 18.8 Å². The van der Waals surface area contributed by atoms with Crippen LogP contribution in [0.3, 0.4) is 0 Å². The van der Waals surface area contributed by atoms with Crippen molar-refractivity contribution in [3.8, 4) is 0 Å². The lowest BCUT2D eigenvalue weighted by molar-refractivity contribution is -0.325. The van der Waals surface area contributed by atoms with Crippen molar-refractivity contribution in [3.05, 3.63) is 11.9 Å². The number of ether oxygens (including phenoxy) is 1. The van der Waals surface area contributed by atoms with E-state index in [4.69, 9.17) is 0 Å². The van der Waals surface area contributed by atoms with Crippen LogP contribution in [-0.4, -0.2) is 34.5 Å². The van der Waals surface area contributed by atoms with Crippen molar-refractivity contribution in [2.45, 2.75) is 32.8 Å². The van der Waals surface area contributed by atoms with E-state index in [9.17, 15) is 13.2 Å². The van der Waals surface area contributed by atoms with E-state index in [0.717, 1.165) is 13.0 Å². The Morgan fingerprint density at radius 3 is 2.88 bits per heavy atom. The van der Waals surface area contributed by atoms with Gasteiger partial charge >= 0.3 is 6.36 Å². The molecule has 0 amide bonds. The predicted molar refractivity (Wildman–Crippen MR) is 54.0 cm³/mol. The van der Waals surface area contributed by atoms with E-state index in [1.165, 1.54) is 4.68 Å². The van der Waals surface area contributed by atoms with Crippen LogP contribution >= 0.6 is 0 Å². The standard InChI is InChI=1S/C9H15F3N4O/c1-2-3-13-6-8-7-16(15-14-8)4-5-17-9(10,11)12/h7,13H,2-6H2,1H3. The first-order valence-corrected chi connectivity index (χ1v) is 5.31. The summed E-state index contributed by atoms with van der Waals surface area (Å²) in [7, 11) is 0. The van der Waals surface area contributed by atoms with Crippen LogP contribution in [-0.2, 0) is 17.8 Å². The molecule has 0 aliphatic carbocycles. The lowest BCUT2D eigenvalue weighted by atomic mass is 10.4. The third kappa shape index (κ3) is 6.22. The lowest BCUT2D eigenvalue weighted by Crippen LogP contribution is -2.17. The molecule has 1 aromatic heterocycles. The van der Waals surface area contributed by atoms with Crippen molar-refractivity contribution in [2.24, 2.45) is 0 Å². The number of rotatable bonds is 7. The summed E-state index contributed by atoms with van der Waals surface area (Å²) < 4.78 is 40.0. The van der Waals surface area contributed by atoms with Crippen molar-refractivity contribution in [1.82, 2.24) is 20.3 Å². The Hall–Kier alpha value is -1.15. The Bertz CT molecular complexity index is 326. The fourth-order valence-corrected chi connectivity index (χ4v) is 1.18. The molecule has 0 bridgehead atoms. The summed E-state index contributed by atoms with van der Waals surface area (Å²) in [6.45, 7) is 3.03. The van der Waals surface area contributed by atoms with Crippen LogP contribution in [0.5, 0.6) is 0 Å². The fraction of sp³-hybridized carbons (Fsp3) is 0.778. The van der Waals surface area contributed by atoms with Crippen LogP contribution in [0, 0.1) is 0 Å². The Balaban J connectivity index is 2.26. The minimum absolute atomic E-state index is 0.0281. The van der Waals surface area contributed by atoms with E-state index in [1.54, 1.807) is 6.20 Å². The Labute approximate surface area is 96.9 Å². The molecule has 0 radical (unpaired) electrons. The van der Waals surface area contributed by atoms with Gasteiger partial charge in [-0.1, -0.05) is 12.1 Å². The van der Waals surface area contributed by atoms with Crippen molar-refractivity contribution in [2.75, 3.05) is 13.2 Å². The summed E-state index contributed by atoms with van der Waals surface area (Å²) in [5.41, 5.74) is 0.699.